The van der Waals surface area contributed by atoms with E-state index in [0.29, 0.717) is 24.4 Å². The van der Waals surface area contributed by atoms with E-state index in [-0.39, 0.29) is 24.9 Å². The Morgan fingerprint density at radius 3 is 2.72 bits per heavy atom. The first-order valence-electron chi connectivity index (χ1n) is 9.16. The van der Waals surface area contributed by atoms with Crippen molar-refractivity contribution < 1.29 is 14.4 Å². The van der Waals surface area contributed by atoms with Crippen LogP contribution >= 0.6 is 0 Å². The van der Waals surface area contributed by atoms with E-state index in [0.717, 1.165) is 32.4 Å². The van der Waals surface area contributed by atoms with E-state index in [4.69, 9.17) is 0 Å². The standard InChI is InChI=1S/C18H28N4O3/c1-12(2)8-22-13(3)4-5-14-9-20(7-6-15(14)22)17(24)11-21-10-16(23)19-18(21)25/h12,14-15H,3-11H2,1-2H3,(H,19,23,25)/t14-,15+/m1/s1. The van der Waals surface area contributed by atoms with Gasteiger partial charge in [0, 0.05) is 31.4 Å². The monoisotopic (exact) mass is 348 g/mol. The smallest absolute Gasteiger partial charge is 0.325 e. The topological polar surface area (TPSA) is 73.0 Å². The fourth-order valence-corrected chi connectivity index (χ4v) is 4.20. The van der Waals surface area contributed by atoms with Crippen molar-refractivity contribution in [2.75, 3.05) is 32.7 Å². The van der Waals surface area contributed by atoms with E-state index in [1.165, 1.54) is 10.6 Å². The minimum atomic E-state index is -0.467. The van der Waals surface area contributed by atoms with Crippen LogP contribution in [0.3, 0.4) is 0 Å². The van der Waals surface area contributed by atoms with Gasteiger partial charge in [-0.25, -0.2) is 4.79 Å². The zero-order valence-electron chi connectivity index (χ0n) is 15.2. The number of rotatable bonds is 4. The first-order valence-corrected chi connectivity index (χ1v) is 9.16. The first kappa shape index (κ1) is 17.8. The van der Waals surface area contributed by atoms with Gasteiger partial charge in [-0.05, 0) is 31.1 Å². The largest absolute Gasteiger partial charge is 0.372 e. The van der Waals surface area contributed by atoms with Crippen LogP contribution in [0, 0.1) is 11.8 Å². The highest BCUT2D eigenvalue weighted by Crippen LogP contribution is 2.35. The molecule has 0 radical (unpaired) electrons. The number of hydrogen-bond donors (Lipinski definition) is 1. The first-order chi connectivity index (χ1) is 11.8. The maximum absolute atomic E-state index is 12.6. The van der Waals surface area contributed by atoms with E-state index < -0.39 is 6.03 Å². The van der Waals surface area contributed by atoms with Gasteiger partial charge in [-0.2, -0.15) is 0 Å². The fourth-order valence-electron chi connectivity index (χ4n) is 4.20. The summed E-state index contributed by atoms with van der Waals surface area (Å²) >= 11 is 0. The molecule has 3 aliphatic rings. The zero-order valence-corrected chi connectivity index (χ0v) is 15.2. The second-order valence-corrected chi connectivity index (χ2v) is 7.82. The Kier molecular flexibility index (Phi) is 5.01. The van der Waals surface area contributed by atoms with E-state index in [2.05, 4.69) is 30.6 Å². The fraction of sp³-hybridized carbons (Fsp3) is 0.722. The molecule has 0 spiro atoms. The Bertz CT molecular complexity index is 589. The average Bonchev–Trinajstić information content (AvgIpc) is 2.86. The molecule has 3 rings (SSSR count). The number of carbonyl (C=O) groups excluding carboxylic acids is 3. The van der Waals surface area contributed by atoms with Gasteiger partial charge in [0.1, 0.15) is 13.1 Å². The van der Waals surface area contributed by atoms with E-state index in [1.807, 2.05) is 4.90 Å². The number of likely N-dealkylation sites (tertiary alicyclic amines) is 2. The molecule has 3 heterocycles. The SMILES string of the molecule is C=C1CC[C@@H]2CN(C(=O)CN3CC(=O)NC3=O)CC[C@@H]2N1CC(C)C. The summed E-state index contributed by atoms with van der Waals surface area (Å²) < 4.78 is 0. The van der Waals surface area contributed by atoms with Gasteiger partial charge >= 0.3 is 6.03 Å². The van der Waals surface area contributed by atoms with Crippen molar-refractivity contribution in [2.45, 2.75) is 39.2 Å². The summed E-state index contributed by atoms with van der Waals surface area (Å²) in [5, 5.41) is 2.21. The van der Waals surface area contributed by atoms with Gasteiger partial charge in [-0.3, -0.25) is 14.9 Å². The molecule has 4 amide bonds. The quantitative estimate of drug-likeness (QED) is 0.770. The van der Waals surface area contributed by atoms with Gasteiger partial charge in [0.15, 0.2) is 0 Å². The van der Waals surface area contributed by atoms with Crippen LogP contribution in [-0.4, -0.2) is 71.3 Å². The minimum Gasteiger partial charge on any atom is -0.372 e. The second kappa shape index (κ2) is 7.06. The molecule has 0 aliphatic carbocycles. The highest BCUT2D eigenvalue weighted by molar-refractivity contribution is 6.03. The van der Waals surface area contributed by atoms with Crippen LogP contribution in [0.4, 0.5) is 4.79 Å². The van der Waals surface area contributed by atoms with Crippen molar-refractivity contribution in [1.29, 1.82) is 0 Å². The molecular weight excluding hydrogens is 320 g/mol. The summed E-state index contributed by atoms with van der Waals surface area (Å²) in [7, 11) is 0. The Morgan fingerprint density at radius 1 is 1.32 bits per heavy atom. The molecule has 0 bridgehead atoms. The number of fused-ring (bicyclic) bond motifs is 1. The molecule has 7 heteroatoms. The van der Waals surface area contributed by atoms with Crippen molar-refractivity contribution >= 4 is 17.8 Å². The molecule has 3 saturated heterocycles. The predicted octanol–water partition coefficient (Wildman–Crippen LogP) is 1.02. The number of imide groups is 1. The highest BCUT2D eigenvalue weighted by atomic mass is 16.2. The lowest BCUT2D eigenvalue weighted by molar-refractivity contribution is -0.135. The Balaban J connectivity index is 1.59. The van der Waals surface area contributed by atoms with Crippen LogP contribution in [0.5, 0.6) is 0 Å². The molecule has 25 heavy (non-hydrogen) atoms. The van der Waals surface area contributed by atoms with E-state index in [1.54, 1.807) is 0 Å². The molecular formula is C18H28N4O3. The number of hydrogen-bond acceptors (Lipinski definition) is 4. The third-order valence-electron chi connectivity index (χ3n) is 5.41. The summed E-state index contributed by atoms with van der Waals surface area (Å²) in [5.41, 5.74) is 1.22. The number of allylic oxidation sites excluding steroid dienone is 1. The summed E-state index contributed by atoms with van der Waals surface area (Å²) in [6.07, 6.45) is 2.98. The zero-order chi connectivity index (χ0) is 18.1. The summed E-state index contributed by atoms with van der Waals surface area (Å²) in [5.74, 6) is 0.632. The van der Waals surface area contributed by atoms with Crippen LogP contribution in [0.15, 0.2) is 12.3 Å². The molecule has 3 aliphatic heterocycles. The number of carbonyl (C=O) groups is 3. The van der Waals surface area contributed by atoms with E-state index in [9.17, 15) is 14.4 Å². The van der Waals surface area contributed by atoms with Crippen LogP contribution < -0.4 is 5.32 Å². The lowest BCUT2D eigenvalue weighted by atomic mass is 9.82. The van der Waals surface area contributed by atoms with Crippen LogP contribution in [0.25, 0.3) is 0 Å². The minimum absolute atomic E-state index is 0.0165. The third kappa shape index (κ3) is 3.80. The molecule has 138 valence electrons. The number of urea groups is 1. The van der Waals surface area contributed by atoms with Crippen molar-refractivity contribution in [3.8, 4) is 0 Å². The highest BCUT2D eigenvalue weighted by Gasteiger charge is 2.39. The number of piperidine rings is 2. The molecule has 0 aromatic rings. The van der Waals surface area contributed by atoms with E-state index >= 15 is 0 Å². The van der Waals surface area contributed by atoms with Crippen molar-refractivity contribution in [1.82, 2.24) is 20.0 Å². The van der Waals surface area contributed by atoms with Gasteiger partial charge < -0.3 is 14.7 Å². The Labute approximate surface area is 149 Å². The van der Waals surface area contributed by atoms with Gasteiger partial charge in [0.05, 0.1) is 0 Å². The lowest BCUT2D eigenvalue weighted by Gasteiger charge is -2.49. The maximum atomic E-state index is 12.6. The Morgan fingerprint density at radius 2 is 2.08 bits per heavy atom. The molecule has 0 aromatic carbocycles. The molecule has 2 atom stereocenters. The molecule has 0 aromatic heterocycles. The van der Waals surface area contributed by atoms with Crippen LogP contribution in [0.2, 0.25) is 0 Å². The van der Waals surface area contributed by atoms with Crippen LogP contribution in [-0.2, 0) is 9.59 Å². The van der Waals surface area contributed by atoms with Gasteiger partial charge in [-0.1, -0.05) is 20.4 Å². The third-order valence-corrected chi connectivity index (χ3v) is 5.41. The van der Waals surface area contributed by atoms with Crippen molar-refractivity contribution in [3.05, 3.63) is 12.3 Å². The predicted molar refractivity (Wildman–Crippen MR) is 93.5 cm³/mol. The summed E-state index contributed by atoms with van der Waals surface area (Å²) in [6.45, 7) is 11.1. The Hall–Kier alpha value is -2.05. The normalized spacial score (nSPS) is 27.0. The molecule has 3 fully saturated rings. The number of amides is 4. The molecule has 1 N–H and O–H groups in total. The van der Waals surface area contributed by atoms with Crippen molar-refractivity contribution in [3.63, 3.8) is 0 Å². The van der Waals surface area contributed by atoms with Crippen molar-refractivity contribution in [2.24, 2.45) is 11.8 Å². The van der Waals surface area contributed by atoms with Crippen LogP contribution in [0.1, 0.15) is 33.1 Å². The molecule has 0 saturated carbocycles. The van der Waals surface area contributed by atoms with Gasteiger partial charge in [0.2, 0.25) is 11.8 Å². The molecule has 7 nitrogen and oxygen atoms in total. The lowest BCUT2D eigenvalue weighted by Crippen LogP contribution is -2.56. The summed E-state index contributed by atoms with van der Waals surface area (Å²) in [4.78, 5) is 41.0. The molecule has 0 unspecified atom stereocenters. The number of nitrogens with one attached hydrogen (secondary N) is 1. The average molecular weight is 348 g/mol. The van der Waals surface area contributed by atoms with Gasteiger partial charge in [-0.15, -0.1) is 0 Å². The number of nitrogens with zero attached hydrogens (tertiary/aromatic N) is 3. The summed E-state index contributed by atoms with van der Waals surface area (Å²) in [6, 6.07) is -0.00493. The second-order valence-electron chi connectivity index (χ2n) is 7.82. The maximum Gasteiger partial charge on any atom is 0.325 e. The van der Waals surface area contributed by atoms with Gasteiger partial charge in [0.25, 0.3) is 0 Å².